The minimum Gasteiger partial charge on any atom is -0.327 e. The summed E-state index contributed by atoms with van der Waals surface area (Å²) in [4.78, 5) is 27.8. The number of benzene rings is 1. The van der Waals surface area contributed by atoms with Crippen LogP contribution in [0.3, 0.4) is 0 Å². The SMILES string of the molecule is CC(C)C.O=C1CC[C@H](n2c3ccccc3c3ccncc32)C(=O)N1. The molecule has 3 heterocycles. The molecule has 0 unspecified atom stereocenters. The van der Waals surface area contributed by atoms with Crippen LogP contribution in [0.4, 0.5) is 0 Å². The zero-order valence-corrected chi connectivity index (χ0v) is 14.8. The number of hydrogen-bond donors (Lipinski definition) is 1. The first kappa shape index (κ1) is 17.1. The lowest BCUT2D eigenvalue weighted by molar-refractivity contribution is -0.135. The highest BCUT2D eigenvalue weighted by Crippen LogP contribution is 2.33. The molecule has 1 saturated heterocycles. The normalized spacial score (nSPS) is 17.5. The van der Waals surface area contributed by atoms with Crippen molar-refractivity contribution in [1.82, 2.24) is 14.9 Å². The standard InChI is InChI=1S/C16H13N3O2.C4H10/c20-15-6-5-13(16(21)18-15)19-12-4-2-1-3-10(12)11-7-8-17-9-14(11)19;1-4(2)3/h1-4,7-9,13H,5-6H2,(H,18,20,21);4H,1-3H3/t13-;/m0./s1. The summed E-state index contributed by atoms with van der Waals surface area (Å²) in [7, 11) is 0. The van der Waals surface area contributed by atoms with Crippen LogP contribution in [-0.4, -0.2) is 21.4 Å². The van der Waals surface area contributed by atoms with E-state index < -0.39 is 0 Å². The molecule has 1 aromatic carbocycles. The smallest absolute Gasteiger partial charge is 0.249 e. The molecule has 1 aliphatic heterocycles. The Morgan fingerprint density at radius 1 is 1.08 bits per heavy atom. The molecule has 3 aromatic rings. The lowest BCUT2D eigenvalue weighted by atomic mass is 10.1. The van der Waals surface area contributed by atoms with E-state index >= 15 is 0 Å². The van der Waals surface area contributed by atoms with Crippen molar-refractivity contribution in [3.63, 3.8) is 0 Å². The highest BCUT2D eigenvalue weighted by atomic mass is 16.2. The lowest BCUT2D eigenvalue weighted by Crippen LogP contribution is -2.41. The van der Waals surface area contributed by atoms with E-state index in [1.807, 2.05) is 34.9 Å². The van der Waals surface area contributed by atoms with Crippen LogP contribution in [0.25, 0.3) is 21.8 Å². The van der Waals surface area contributed by atoms with Gasteiger partial charge in [-0.25, -0.2) is 0 Å². The van der Waals surface area contributed by atoms with Crippen molar-refractivity contribution < 1.29 is 9.59 Å². The number of carbonyl (C=O) groups excluding carboxylic acids is 2. The van der Waals surface area contributed by atoms with Crippen molar-refractivity contribution in [2.24, 2.45) is 5.92 Å². The highest BCUT2D eigenvalue weighted by Gasteiger charge is 2.30. The molecule has 4 rings (SSSR count). The summed E-state index contributed by atoms with van der Waals surface area (Å²) in [5.41, 5.74) is 1.92. The second kappa shape index (κ2) is 7.05. The van der Waals surface area contributed by atoms with Crippen molar-refractivity contribution in [3.05, 3.63) is 42.7 Å². The summed E-state index contributed by atoms with van der Waals surface area (Å²) in [5, 5.41) is 4.60. The van der Waals surface area contributed by atoms with Gasteiger partial charge in [0.05, 0.1) is 11.7 Å². The molecule has 25 heavy (non-hydrogen) atoms. The van der Waals surface area contributed by atoms with E-state index in [1.165, 1.54) is 0 Å². The number of carbonyl (C=O) groups is 2. The number of rotatable bonds is 1. The van der Waals surface area contributed by atoms with E-state index in [4.69, 9.17) is 0 Å². The summed E-state index contributed by atoms with van der Waals surface area (Å²) in [6.45, 7) is 6.50. The van der Waals surface area contributed by atoms with Crippen LogP contribution in [0.15, 0.2) is 42.7 Å². The van der Waals surface area contributed by atoms with Crippen LogP contribution < -0.4 is 5.32 Å². The van der Waals surface area contributed by atoms with Crippen LogP contribution >= 0.6 is 0 Å². The zero-order chi connectivity index (χ0) is 18.0. The molecule has 0 bridgehead atoms. The Bertz CT molecular complexity index is 871. The van der Waals surface area contributed by atoms with Crippen molar-refractivity contribution in [2.75, 3.05) is 0 Å². The molecule has 130 valence electrons. The number of aromatic nitrogens is 2. The first-order valence-corrected chi connectivity index (χ1v) is 8.65. The zero-order valence-electron chi connectivity index (χ0n) is 14.8. The fraction of sp³-hybridized carbons (Fsp3) is 0.350. The molecule has 0 aliphatic carbocycles. The lowest BCUT2D eigenvalue weighted by Gasteiger charge is -2.23. The van der Waals surface area contributed by atoms with Gasteiger partial charge in [-0.1, -0.05) is 39.0 Å². The van der Waals surface area contributed by atoms with Gasteiger partial charge >= 0.3 is 0 Å². The monoisotopic (exact) mass is 337 g/mol. The van der Waals surface area contributed by atoms with E-state index in [-0.39, 0.29) is 17.9 Å². The third-order valence-electron chi connectivity index (χ3n) is 4.04. The molecule has 0 spiro atoms. The largest absolute Gasteiger partial charge is 0.327 e. The van der Waals surface area contributed by atoms with Gasteiger partial charge in [-0.2, -0.15) is 0 Å². The van der Waals surface area contributed by atoms with Gasteiger partial charge < -0.3 is 4.57 Å². The number of hydrogen-bond acceptors (Lipinski definition) is 3. The Balaban J connectivity index is 0.000000415. The number of fused-ring (bicyclic) bond motifs is 3. The number of nitrogens with zero attached hydrogens (tertiary/aromatic N) is 2. The fourth-order valence-electron chi connectivity index (χ4n) is 3.11. The van der Waals surface area contributed by atoms with Crippen molar-refractivity contribution >= 4 is 33.6 Å². The molecule has 2 amide bonds. The maximum atomic E-state index is 12.2. The molecule has 0 radical (unpaired) electrons. The number of pyridine rings is 1. The molecular weight excluding hydrogens is 314 g/mol. The van der Waals surface area contributed by atoms with Crippen molar-refractivity contribution in [3.8, 4) is 0 Å². The van der Waals surface area contributed by atoms with Gasteiger partial charge in [0.2, 0.25) is 11.8 Å². The quantitative estimate of drug-likeness (QED) is 0.686. The third kappa shape index (κ3) is 3.40. The minimum absolute atomic E-state index is 0.199. The molecule has 5 nitrogen and oxygen atoms in total. The van der Waals surface area contributed by atoms with Gasteiger partial charge in [-0.05, 0) is 24.5 Å². The maximum Gasteiger partial charge on any atom is 0.249 e. The Kier molecular flexibility index (Phi) is 4.83. The molecule has 5 heteroatoms. The summed E-state index contributed by atoms with van der Waals surface area (Å²) >= 11 is 0. The molecule has 1 N–H and O–H groups in total. The van der Waals surface area contributed by atoms with Crippen LogP contribution in [0.5, 0.6) is 0 Å². The highest BCUT2D eigenvalue weighted by molar-refractivity contribution is 6.09. The number of imide groups is 1. The Hall–Kier alpha value is -2.69. The van der Waals surface area contributed by atoms with Gasteiger partial charge in [0.1, 0.15) is 6.04 Å². The summed E-state index contributed by atoms with van der Waals surface area (Å²) < 4.78 is 2.00. The Morgan fingerprint density at radius 3 is 2.48 bits per heavy atom. The second-order valence-electron chi connectivity index (χ2n) is 6.98. The molecule has 1 fully saturated rings. The Morgan fingerprint density at radius 2 is 1.76 bits per heavy atom. The number of nitrogens with one attached hydrogen (secondary N) is 1. The van der Waals surface area contributed by atoms with Crippen molar-refractivity contribution in [1.29, 1.82) is 0 Å². The van der Waals surface area contributed by atoms with Crippen LogP contribution in [-0.2, 0) is 9.59 Å². The minimum atomic E-state index is -0.366. The number of piperidine rings is 1. The second-order valence-corrected chi connectivity index (χ2v) is 6.98. The van der Waals surface area contributed by atoms with E-state index in [9.17, 15) is 9.59 Å². The predicted octanol–water partition coefficient (Wildman–Crippen LogP) is 3.83. The van der Waals surface area contributed by atoms with Crippen LogP contribution in [0.2, 0.25) is 0 Å². The average Bonchev–Trinajstić information content (AvgIpc) is 2.89. The molecule has 0 saturated carbocycles. The summed E-state index contributed by atoms with van der Waals surface area (Å²) in [6, 6.07) is 9.57. The van der Waals surface area contributed by atoms with Gasteiger partial charge in [-0.15, -0.1) is 0 Å². The van der Waals surface area contributed by atoms with E-state index in [1.54, 1.807) is 12.4 Å². The van der Waals surface area contributed by atoms with Gasteiger partial charge in [0, 0.05) is 28.9 Å². The first-order valence-electron chi connectivity index (χ1n) is 8.65. The summed E-state index contributed by atoms with van der Waals surface area (Å²) in [5.74, 6) is 0.396. The molecule has 1 aliphatic rings. The van der Waals surface area contributed by atoms with E-state index in [0.29, 0.717) is 12.8 Å². The van der Waals surface area contributed by atoms with E-state index in [2.05, 4.69) is 31.1 Å². The summed E-state index contributed by atoms with van der Waals surface area (Å²) in [6.07, 6.45) is 4.42. The third-order valence-corrected chi connectivity index (χ3v) is 4.04. The van der Waals surface area contributed by atoms with Gasteiger partial charge in [0.25, 0.3) is 0 Å². The fourth-order valence-corrected chi connectivity index (χ4v) is 3.11. The van der Waals surface area contributed by atoms with Crippen molar-refractivity contribution in [2.45, 2.75) is 39.7 Å². The molecule has 1 atom stereocenters. The number of amides is 2. The molecular formula is C20H23N3O2. The molecule has 2 aromatic heterocycles. The van der Waals surface area contributed by atoms with Crippen LogP contribution in [0.1, 0.15) is 39.7 Å². The van der Waals surface area contributed by atoms with Gasteiger partial charge in [0.15, 0.2) is 0 Å². The maximum absolute atomic E-state index is 12.2. The average molecular weight is 337 g/mol. The van der Waals surface area contributed by atoms with E-state index in [0.717, 1.165) is 27.7 Å². The predicted molar refractivity (Wildman–Crippen MR) is 99.2 cm³/mol. The van der Waals surface area contributed by atoms with Crippen LogP contribution in [0, 0.1) is 5.92 Å². The topological polar surface area (TPSA) is 64.0 Å². The number of para-hydroxylation sites is 1. The van der Waals surface area contributed by atoms with Gasteiger partial charge in [-0.3, -0.25) is 19.9 Å². The first-order chi connectivity index (χ1) is 12.0. The Labute approximate surface area is 147 Å².